The number of hydrogen-bond acceptors (Lipinski definition) is 6. The summed E-state index contributed by atoms with van der Waals surface area (Å²) in [6, 6.07) is 18.9. The molecule has 0 spiro atoms. The second-order valence-corrected chi connectivity index (χ2v) is 8.44. The van der Waals surface area contributed by atoms with Gasteiger partial charge in [-0.1, -0.05) is 30.3 Å². The number of amides is 1. The molecule has 8 nitrogen and oxygen atoms in total. The number of aliphatic hydroxyl groups is 1. The first kappa shape index (κ1) is 20.7. The number of rotatable bonds is 6. The van der Waals surface area contributed by atoms with Crippen LogP contribution in [0.15, 0.2) is 71.6 Å². The van der Waals surface area contributed by atoms with Crippen molar-refractivity contribution in [3.05, 3.63) is 72.3 Å². The van der Waals surface area contributed by atoms with E-state index in [4.69, 9.17) is 15.2 Å². The maximum Gasteiger partial charge on any atom is 0.253 e. The van der Waals surface area contributed by atoms with Gasteiger partial charge < -0.3 is 15.7 Å². The molecule has 0 unspecified atom stereocenters. The van der Waals surface area contributed by atoms with E-state index in [1.165, 1.54) is 12.1 Å². The van der Waals surface area contributed by atoms with Crippen LogP contribution in [0, 0.1) is 0 Å². The number of aromatic nitrogens is 1. The van der Waals surface area contributed by atoms with Crippen molar-refractivity contribution >= 4 is 49.1 Å². The number of pyridine rings is 1. The summed E-state index contributed by atoms with van der Waals surface area (Å²) in [5.74, 6) is -0.328. The molecule has 158 valence electrons. The van der Waals surface area contributed by atoms with Gasteiger partial charge in [0.15, 0.2) is 0 Å². The average Bonchev–Trinajstić information content (AvgIpc) is 2.76. The molecule has 0 radical (unpaired) electrons. The first-order valence-corrected chi connectivity index (χ1v) is 11.0. The Morgan fingerprint density at radius 3 is 2.39 bits per heavy atom. The quantitative estimate of drug-likeness (QED) is 0.343. The van der Waals surface area contributed by atoms with Crippen LogP contribution in [-0.4, -0.2) is 37.6 Å². The molecule has 0 aliphatic carbocycles. The molecule has 1 aromatic heterocycles. The fraction of sp³-hybridized carbons (Fsp3) is 0.0909. The summed E-state index contributed by atoms with van der Waals surface area (Å²) in [5, 5.41) is 21.8. The highest BCUT2D eigenvalue weighted by Gasteiger charge is 2.16. The molecule has 0 aliphatic heterocycles. The molecule has 4 rings (SSSR count). The normalized spacial score (nSPS) is 11.5. The first-order valence-electron chi connectivity index (χ1n) is 9.49. The number of anilines is 2. The Bertz CT molecular complexity index is 1390. The summed E-state index contributed by atoms with van der Waals surface area (Å²) in [6.45, 7) is -0.0154. The number of nitrogens with two attached hydrogens (primary N) is 1. The molecule has 4 aromatic rings. The highest BCUT2D eigenvalue weighted by atomic mass is 32.2. The lowest BCUT2D eigenvalue weighted by Crippen LogP contribution is -2.26. The Kier molecular flexibility index (Phi) is 5.55. The Hall–Kier alpha value is -3.53. The molecule has 5 N–H and O–H groups in total. The van der Waals surface area contributed by atoms with E-state index >= 15 is 0 Å². The lowest BCUT2D eigenvalue weighted by Gasteiger charge is -2.15. The zero-order valence-corrected chi connectivity index (χ0v) is 17.2. The van der Waals surface area contributed by atoms with Gasteiger partial charge in [-0.3, -0.25) is 4.79 Å². The Labute approximate surface area is 178 Å². The number of nitrogens with one attached hydrogen (secondary N) is 2. The van der Waals surface area contributed by atoms with Crippen molar-refractivity contribution < 1.29 is 18.3 Å². The number of benzene rings is 3. The molecular weight excluding hydrogens is 416 g/mol. The molecule has 1 amide bonds. The van der Waals surface area contributed by atoms with Crippen molar-refractivity contribution in [2.24, 2.45) is 5.14 Å². The van der Waals surface area contributed by atoms with Crippen molar-refractivity contribution in [2.45, 2.75) is 4.90 Å². The van der Waals surface area contributed by atoms with Crippen LogP contribution in [-0.2, 0) is 10.0 Å². The number of nitrogens with zero attached hydrogens (tertiary/aromatic N) is 1. The second-order valence-electron chi connectivity index (χ2n) is 6.88. The maximum atomic E-state index is 12.6. The number of fused-ring (bicyclic) bond motifs is 2. The summed E-state index contributed by atoms with van der Waals surface area (Å²) in [7, 11) is -3.78. The first-order chi connectivity index (χ1) is 14.9. The van der Waals surface area contributed by atoms with E-state index in [-0.39, 0.29) is 24.0 Å². The third-order valence-corrected chi connectivity index (χ3v) is 5.73. The largest absolute Gasteiger partial charge is 0.395 e. The number of sulfonamides is 1. The predicted octanol–water partition coefficient (Wildman–Crippen LogP) is 2.50. The predicted molar refractivity (Wildman–Crippen MR) is 120 cm³/mol. The molecule has 0 bridgehead atoms. The lowest BCUT2D eigenvalue weighted by molar-refractivity contribution is 0.0946. The smallest absolute Gasteiger partial charge is 0.253 e. The minimum Gasteiger partial charge on any atom is -0.395 e. The van der Waals surface area contributed by atoms with E-state index in [2.05, 4.69) is 10.6 Å². The summed E-state index contributed by atoms with van der Waals surface area (Å²) in [5.41, 5.74) is 2.99. The number of carbonyl (C=O) groups is 1. The van der Waals surface area contributed by atoms with Crippen LogP contribution in [0.25, 0.3) is 21.8 Å². The average molecular weight is 436 g/mol. The van der Waals surface area contributed by atoms with E-state index in [9.17, 15) is 13.2 Å². The Morgan fingerprint density at radius 1 is 0.968 bits per heavy atom. The summed E-state index contributed by atoms with van der Waals surface area (Å²) in [6.07, 6.45) is 0. The van der Waals surface area contributed by atoms with E-state index in [0.29, 0.717) is 22.3 Å². The van der Waals surface area contributed by atoms with Gasteiger partial charge in [0, 0.05) is 23.0 Å². The van der Waals surface area contributed by atoms with Crippen molar-refractivity contribution in [1.82, 2.24) is 10.3 Å². The van der Waals surface area contributed by atoms with Gasteiger partial charge in [-0.25, -0.2) is 18.5 Å². The van der Waals surface area contributed by atoms with Gasteiger partial charge >= 0.3 is 0 Å². The van der Waals surface area contributed by atoms with E-state index in [1.54, 1.807) is 24.3 Å². The van der Waals surface area contributed by atoms with E-state index in [0.717, 1.165) is 16.5 Å². The van der Waals surface area contributed by atoms with Gasteiger partial charge in [0.1, 0.15) is 0 Å². The molecule has 0 saturated heterocycles. The Morgan fingerprint density at radius 2 is 1.68 bits per heavy atom. The summed E-state index contributed by atoms with van der Waals surface area (Å²) in [4.78, 5) is 17.3. The number of para-hydroxylation sites is 2. The topological polar surface area (TPSA) is 134 Å². The van der Waals surface area contributed by atoms with Crippen molar-refractivity contribution in [3.8, 4) is 0 Å². The van der Waals surface area contributed by atoms with Gasteiger partial charge in [-0.2, -0.15) is 0 Å². The summed E-state index contributed by atoms with van der Waals surface area (Å²) < 4.78 is 23.0. The third kappa shape index (κ3) is 4.19. The molecule has 31 heavy (non-hydrogen) atoms. The van der Waals surface area contributed by atoms with Gasteiger partial charge in [-0.05, 0) is 36.4 Å². The van der Waals surface area contributed by atoms with Crippen molar-refractivity contribution in [2.75, 3.05) is 18.5 Å². The van der Waals surface area contributed by atoms with Gasteiger partial charge in [0.25, 0.3) is 5.91 Å². The second kappa shape index (κ2) is 8.31. The number of carbonyl (C=O) groups excluding carboxylic acids is 1. The van der Waals surface area contributed by atoms with Gasteiger partial charge in [-0.15, -0.1) is 0 Å². The van der Waals surface area contributed by atoms with Crippen molar-refractivity contribution in [1.29, 1.82) is 0 Å². The SMILES string of the molecule is NS(=O)(=O)c1ccc(Nc2c3ccccc3nc3c(C(=O)NCCO)cccc23)cc1. The number of aliphatic hydroxyl groups excluding tert-OH is 1. The highest BCUT2D eigenvalue weighted by molar-refractivity contribution is 7.89. The number of primary sulfonamides is 1. The molecule has 0 atom stereocenters. The molecule has 9 heteroatoms. The van der Waals surface area contributed by atoms with Crippen LogP contribution >= 0.6 is 0 Å². The number of hydrogen-bond donors (Lipinski definition) is 4. The minimum atomic E-state index is -3.78. The molecule has 0 fully saturated rings. The maximum absolute atomic E-state index is 12.6. The van der Waals surface area contributed by atoms with Crippen LogP contribution in [0.2, 0.25) is 0 Å². The fourth-order valence-electron chi connectivity index (χ4n) is 3.37. The molecule has 0 saturated carbocycles. The molecule has 0 aliphatic rings. The highest BCUT2D eigenvalue weighted by Crippen LogP contribution is 2.34. The van der Waals surface area contributed by atoms with Gasteiger partial charge in [0.05, 0.1) is 33.8 Å². The van der Waals surface area contributed by atoms with Crippen molar-refractivity contribution in [3.63, 3.8) is 0 Å². The standard InChI is InChI=1S/C22H20N4O4S/c23-31(29,30)15-10-8-14(9-11-15)25-20-16-4-1-2-7-19(16)26-21-17(20)5-3-6-18(21)22(28)24-12-13-27/h1-11,27H,12-13H2,(H,24,28)(H,25,26)(H2,23,29,30). The summed E-state index contributed by atoms with van der Waals surface area (Å²) >= 11 is 0. The van der Waals surface area contributed by atoms with Crippen LogP contribution in [0.5, 0.6) is 0 Å². The molecule has 3 aromatic carbocycles. The van der Waals surface area contributed by atoms with Crippen LogP contribution in [0.3, 0.4) is 0 Å². The zero-order chi connectivity index (χ0) is 22.0. The zero-order valence-electron chi connectivity index (χ0n) is 16.4. The molecular formula is C22H20N4O4S. The van der Waals surface area contributed by atoms with E-state index in [1.807, 2.05) is 30.3 Å². The third-order valence-electron chi connectivity index (χ3n) is 4.81. The van der Waals surface area contributed by atoms with Gasteiger partial charge in [0.2, 0.25) is 10.0 Å². The van der Waals surface area contributed by atoms with Crippen LogP contribution in [0.1, 0.15) is 10.4 Å². The molecule has 1 heterocycles. The van der Waals surface area contributed by atoms with Crippen LogP contribution < -0.4 is 15.8 Å². The van der Waals surface area contributed by atoms with E-state index < -0.39 is 10.0 Å². The monoisotopic (exact) mass is 436 g/mol. The Balaban J connectivity index is 1.87. The fourth-order valence-corrected chi connectivity index (χ4v) is 3.88. The lowest BCUT2D eigenvalue weighted by atomic mass is 10.0. The minimum absolute atomic E-state index is 0.0188. The van der Waals surface area contributed by atoms with Crippen LogP contribution in [0.4, 0.5) is 11.4 Å².